The van der Waals surface area contributed by atoms with Crippen LogP contribution in [0.3, 0.4) is 0 Å². The Labute approximate surface area is 145 Å². The van der Waals surface area contributed by atoms with Crippen molar-refractivity contribution in [3.05, 3.63) is 48.0 Å². The fraction of sp³-hybridized carbons (Fsp3) is 0.421. The van der Waals surface area contributed by atoms with Gasteiger partial charge in [-0.25, -0.2) is 0 Å². The maximum Gasteiger partial charge on any atom is 0.266 e. The Morgan fingerprint density at radius 3 is 2.92 bits per heavy atom. The lowest BCUT2D eigenvalue weighted by atomic mass is 9.95. The molecule has 25 heavy (non-hydrogen) atoms. The number of rotatable bonds is 5. The van der Waals surface area contributed by atoms with Gasteiger partial charge in [-0.3, -0.25) is 14.7 Å². The molecule has 0 N–H and O–H groups in total. The molecule has 1 aromatic rings. The van der Waals surface area contributed by atoms with Gasteiger partial charge in [0.05, 0.1) is 24.5 Å². The third-order valence-corrected chi connectivity index (χ3v) is 5.24. The highest BCUT2D eigenvalue weighted by atomic mass is 19.3. The molecule has 130 valence electrons. The molecule has 4 nitrogen and oxygen atoms in total. The van der Waals surface area contributed by atoms with Crippen LogP contribution in [0, 0.1) is 5.92 Å². The molecule has 3 aliphatic rings. The zero-order valence-electron chi connectivity index (χ0n) is 13.9. The number of hydrogen-bond acceptors (Lipinski definition) is 3. The summed E-state index contributed by atoms with van der Waals surface area (Å²) >= 11 is 0. The summed E-state index contributed by atoms with van der Waals surface area (Å²) in [5.74, 6) is 0.407. The fourth-order valence-electron chi connectivity index (χ4n) is 3.99. The number of aliphatic imine (C=N–C) groups is 2. The largest absolute Gasteiger partial charge is 0.286 e. The van der Waals surface area contributed by atoms with Gasteiger partial charge in [0.15, 0.2) is 0 Å². The average molecular weight is 342 g/mol. The third-order valence-electron chi connectivity index (χ3n) is 5.24. The summed E-state index contributed by atoms with van der Waals surface area (Å²) < 4.78 is 27.1. The van der Waals surface area contributed by atoms with E-state index in [4.69, 9.17) is 0 Å². The van der Waals surface area contributed by atoms with Crippen LogP contribution in [-0.2, 0) is 0 Å². The molecule has 3 heterocycles. The van der Waals surface area contributed by atoms with Gasteiger partial charge in [0, 0.05) is 35.3 Å². The molecule has 0 amide bonds. The molecule has 0 bridgehead atoms. The molecule has 2 aliphatic heterocycles. The Morgan fingerprint density at radius 2 is 2.12 bits per heavy atom. The Balaban J connectivity index is 1.64. The average Bonchev–Trinajstić information content (AvgIpc) is 3.36. The monoisotopic (exact) mass is 342 g/mol. The van der Waals surface area contributed by atoms with E-state index in [0.717, 1.165) is 41.3 Å². The highest BCUT2D eigenvalue weighted by Crippen LogP contribution is 2.37. The first-order valence-electron chi connectivity index (χ1n) is 8.76. The summed E-state index contributed by atoms with van der Waals surface area (Å²) in [5.41, 5.74) is 4.02. The molecule has 0 aromatic carbocycles. The maximum absolute atomic E-state index is 12.6. The topological polar surface area (TPSA) is 42.5 Å². The number of halogens is 2. The zero-order valence-corrected chi connectivity index (χ0v) is 13.9. The SMILES string of the molecule is FC(F)=CCC(C1CCCC1)n1cc(C2=C3C=CN=C3CN=C2)cn1. The molecule has 1 unspecified atom stereocenters. The van der Waals surface area contributed by atoms with Crippen molar-refractivity contribution >= 4 is 17.5 Å². The van der Waals surface area contributed by atoms with Crippen LogP contribution in [0.4, 0.5) is 8.78 Å². The second-order valence-electron chi connectivity index (χ2n) is 6.74. The lowest BCUT2D eigenvalue weighted by Gasteiger charge is -2.22. The smallest absolute Gasteiger partial charge is 0.266 e. The number of allylic oxidation sites excluding steroid dienone is 3. The summed E-state index contributed by atoms with van der Waals surface area (Å²) in [6, 6.07) is -0.0175. The molecule has 0 saturated heterocycles. The quantitative estimate of drug-likeness (QED) is 0.771. The second kappa shape index (κ2) is 6.86. The molecule has 4 rings (SSSR count). The number of fused-ring (bicyclic) bond motifs is 1. The highest BCUT2D eigenvalue weighted by Gasteiger charge is 2.27. The predicted octanol–water partition coefficient (Wildman–Crippen LogP) is 4.59. The van der Waals surface area contributed by atoms with E-state index in [9.17, 15) is 8.78 Å². The van der Waals surface area contributed by atoms with Gasteiger partial charge in [0.1, 0.15) is 0 Å². The van der Waals surface area contributed by atoms with Gasteiger partial charge < -0.3 is 0 Å². The predicted molar refractivity (Wildman–Crippen MR) is 95.0 cm³/mol. The number of aromatic nitrogens is 2. The lowest BCUT2D eigenvalue weighted by Crippen LogP contribution is -2.17. The normalized spacial score (nSPS) is 20.8. The standard InChI is InChI=1S/C19H20F2N4/c20-19(21)6-5-18(13-3-1-2-4-13)25-12-14(9-24-25)16-10-22-11-17-15(16)7-8-23-17/h6-10,12-13,18H,1-5,11H2. The van der Waals surface area contributed by atoms with E-state index >= 15 is 0 Å². The molecule has 0 radical (unpaired) electrons. The summed E-state index contributed by atoms with van der Waals surface area (Å²) in [4.78, 5) is 8.70. The Bertz CT molecular complexity index is 803. The van der Waals surface area contributed by atoms with E-state index < -0.39 is 6.08 Å². The van der Waals surface area contributed by atoms with Crippen molar-refractivity contribution in [1.82, 2.24) is 9.78 Å². The summed E-state index contributed by atoms with van der Waals surface area (Å²) in [6.07, 6.45) is 13.6. The molecular formula is C19H20F2N4. The van der Waals surface area contributed by atoms with Crippen LogP contribution < -0.4 is 0 Å². The summed E-state index contributed by atoms with van der Waals surface area (Å²) in [6.45, 7) is 0.602. The summed E-state index contributed by atoms with van der Waals surface area (Å²) in [7, 11) is 0. The van der Waals surface area contributed by atoms with Gasteiger partial charge in [-0.15, -0.1) is 0 Å². The van der Waals surface area contributed by atoms with Crippen LogP contribution in [0.1, 0.15) is 43.7 Å². The van der Waals surface area contributed by atoms with Crippen molar-refractivity contribution < 1.29 is 8.78 Å². The van der Waals surface area contributed by atoms with Crippen LogP contribution in [0.25, 0.3) is 5.57 Å². The molecule has 6 heteroatoms. The summed E-state index contributed by atoms with van der Waals surface area (Å²) in [5, 5.41) is 4.51. The number of nitrogens with zero attached hydrogens (tertiary/aromatic N) is 4. The molecule has 1 atom stereocenters. The molecular weight excluding hydrogens is 322 g/mol. The number of dihydropyridines is 1. The van der Waals surface area contributed by atoms with Crippen LogP contribution >= 0.6 is 0 Å². The first-order chi connectivity index (χ1) is 12.2. The minimum atomic E-state index is -1.61. The second-order valence-corrected chi connectivity index (χ2v) is 6.74. The van der Waals surface area contributed by atoms with Crippen LogP contribution in [-0.4, -0.2) is 28.3 Å². The Hall–Kier alpha value is -2.37. The van der Waals surface area contributed by atoms with Crippen molar-refractivity contribution in [1.29, 1.82) is 0 Å². The minimum Gasteiger partial charge on any atom is -0.286 e. The Kier molecular flexibility index (Phi) is 4.42. The number of hydrogen-bond donors (Lipinski definition) is 0. The molecule has 1 saturated carbocycles. The van der Waals surface area contributed by atoms with E-state index in [2.05, 4.69) is 15.1 Å². The lowest BCUT2D eigenvalue weighted by molar-refractivity contribution is 0.306. The molecule has 1 aliphatic carbocycles. The van der Waals surface area contributed by atoms with E-state index in [1.54, 1.807) is 12.4 Å². The van der Waals surface area contributed by atoms with Crippen LogP contribution in [0.2, 0.25) is 0 Å². The van der Waals surface area contributed by atoms with E-state index in [0.29, 0.717) is 18.9 Å². The van der Waals surface area contributed by atoms with Crippen molar-refractivity contribution in [2.75, 3.05) is 6.54 Å². The first-order valence-corrected chi connectivity index (χ1v) is 8.76. The van der Waals surface area contributed by atoms with E-state index in [1.807, 2.05) is 23.2 Å². The zero-order chi connectivity index (χ0) is 17.2. The minimum absolute atomic E-state index is 0.0175. The van der Waals surface area contributed by atoms with Gasteiger partial charge in [-0.1, -0.05) is 12.8 Å². The third kappa shape index (κ3) is 3.25. The van der Waals surface area contributed by atoms with Crippen LogP contribution in [0.5, 0.6) is 0 Å². The molecule has 1 aromatic heterocycles. The van der Waals surface area contributed by atoms with Crippen molar-refractivity contribution in [3.63, 3.8) is 0 Å². The van der Waals surface area contributed by atoms with Gasteiger partial charge >= 0.3 is 0 Å². The molecule has 0 spiro atoms. The van der Waals surface area contributed by atoms with Crippen LogP contribution in [0.15, 0.2) is 52.4 Å². The van der Waals surface area contributed by atoms with Gasteiger partial charge in [-0.05, 0) is 37.3 Å². The van der Waals surface area contributed by atoms with Gasteiger partial charge in [0.2, 0.25) is 0 Å². The fourth-order valence-corrected chi connectivity index (χ4v) is 3.99. The van der Waals surface area contributed by atoms with Crippen molar-refractivity contribution in [3.8, 4) is 0 Å². The Morgan fingerprint density at radius 1 is 1.28 bits per heavy atom. The van der Waals surface area contributed by atoms with Gasteiger partial charge in [0.25, 0.3) is 6.08 Å². The van der Waals surface area contributed by atoms with Crippen molar-refractivity contribution in [2.24, 2.45) is 15.9 Å². The van der Waals surface area contributed by atoms with Gasteiger partial charge in [-0.2, -0.15) is 13.9 Å². The highest BCUT2D eigenvalue weighted by molar-refractivity contribution is 6.26. The molecule has 1 fully saturated rings. The maximum atomic E-state index is 12.6. The van der Waals surface area contributed by atoms with E-state index in [1.165, 1.54) is 12.8 Å². The van der Waals surface area contributed by atoms with E-state index in [-0.39, 0.29) is 6.04 Å². The first kappa shape index (κ1) is 16.1. The van der Waals surface area contributed by atoms with Crippen molar-refractivity contribution in [2.45, 2.75) is 38.1 Å².